The maximum absolute atomic E-state index is 12.2. The summed E-state index contributed by atoms with van der Waals surface area (Å²) in [5.41, 5.74) is 2.85. The highest BCUT2D eigenvalue weighted by Gasteiger charge is 2.30. The summed E-state index contributed by atoms with van der Waals surface area (Å²) in [4.78, 5) is 24.2. The molecule has 0 unspecified atom stereocenters. The molecule has 0 aliphatic heterocycles. The number of nitrogens with zero attached hydrogens (tertiary/aromatic N) is 1. The SMILES string of the molecule is O=C(Cc1cc(-c2ccccc2)on1)Nc1ccc(C(=O)C2CC2)cc1. The molecule has 26 heavy (non-hydrogen) atoms. The molecule has 5 heteroatoms. The average Bonchev–Trinajstić information content (AvgIpc) is 3.42. The van der Waals surface area contributed by atoms with Crippen LogP contribution in [0.1, 0.15) is 28.9 Å². The normalized spacial score (nSPS) is 13.4. The van der Waals surface area contributed by atoms with Crippen LogP contribution in [0.3, 0.4) is 0 Å². The summed E-state index contributed by atoms with van der Waals surface area (Å²) in [6.45, 7) is 0. The van der Waals surface area contributed by atoms with E-state index in [9.17, 15) is 9.59 Å². The summed E-state index contributed by atoms with van der Waals surface area (Å²) >= 11 is 0. The van der Waals surface area contributed by atoms with Crippen LogP contribution in [0.4, 0.5) is 5.69 Å². The van der Waals surface area contributed by atoms with E-state index in [0.29, 0.717) is 22.7 Å². The summed E-state index contributed by atoms with van der Waals surface area (Å²) in [6, 6.07) is 18.4. The zero-order valence-corrected chi connectivity index (χ0v) is 14.1. The highest BCUT2D eigenvalue weighted by molar-refractivity contribution is 6.00. The van der Waals surface area contributed by atoms with E-state index >= 15 is 0 Å². The molecule has 1 aliphatic carbocycles. The summed E-state index contributed by atoms with van der Waals surface area (Å²) in [5.74, 6) is 0.843. The summed E-state index contributed by atoms with van der Waals surface area (Å²) in [7, 11) is 0. The van der Waals surface area contributed by atoms with Crippen molar-refractivity contribution in [1.29, 1.82) is 0 Å². The van der Waals surface area contributed by atoms with Gasteiger partial charge in [0.15, 0.2) is 11.5 Å². The molecule has 5 nitrogen and oxygen atoms in total. The molecule has 2 aromatic carbocycles. The molecule has 1 amide bonds. The van der Waals surface area contributed by atoms with Gasteiger partial charge in [-0.15, -0.1) is 0 Å². The Bertz CT molecular complexity index is 925. The third kappa shape index (κ3) is 3.72. The summed E-state index contributed by atoms with van der Waals surface area (Å²) < 4.78 is 5.30. The van der Waals surface area contributed by atoms with Gasteiger partial charge in [0.25, 0.3) is 0 Å². The Morgan fingerprint density at radius 2 is 1.77 bits per heavy atom. The van der Waals surface area contributed by atoms with Crippen molar-refractivity contribution < 1.29 is 14.1 Å². The van der Waals surface area contributed by atoms with Crippen molar-refractivity contribution in [1.82, 2.24) is 5.16 Å². The summed E-state index contributed by atoms with van der Waals surface area (Å²) in [5, 5.41) is 6.78. The van der Waals surface area contributed by atoms with Crippen LogP contribution in [0.2, 0.25) is 0 Å². The van der Waals surface area contributed by atoms with Gasteiger partial charge in [-0.25, -0.2) is 0 Å². The van der Waals surface area contributed by atoms with Crippen LogP contribution >= 0.6 is 0 Å². The first-order valence-corrected chi connectivity index (χ1v) is 8.64. The Morgan fingerprint density at radius 3 is 2.46 bits per heavy atom. The molecule has 0 radical (unpaired) electrons. The first-order chi connectivity index (χ1) is 12.7. The number of carbonyl (C=O) groups excluding carboxylic acids is 2. The number of Topliss-reactive ketones (excluding diaryl/α,β-unsaturated/α-hetero) is 1. The Kier molecular flexibility index (Phi) is 4.35. The van der Waals surface area contributed by atoms with Gasteiger partial charge in [0.1, 0.15) is 0 Å². The predicted octanol–water partition coefficient (Wildman–Crippen LogP) is 4.12. The molecule has 3 aromatic rings. The lowest BCUT2D eigenvalue weighted by Crippen LogP contribution is -2.14. The van der Waals surface area contributed by atoms with E-state index in [0.717, 1.165) is 18.4 Å². The van der Waals surface area contributed by atoms with Crippen molar-refractivity contribution in [3.05, 3.63) is 71.9 Å². The second-order valence-corrected chi connectivity index (χ2v) is 6.49. The molecule has 1 aromatic heterocycles. The number of rotatable bonds is 6. The second-order valence-electron chi connectivity index (χ2n) is 6.49. The Labute approximate surface area is 151 Å². The number of carbonyl (C=O) groups is 2. The monoisotopic (exact) mass is 346 g/mol. The molecule has 130 valence electrons. The van der Waals surface area contributed by atoms with Gasteiger partial charge >= 0.3 is 0 Å². The van der Waals surface area contributed by atoms with Crippen LogP contribution in [0.25, 0.3) is 11.3 Å². The highest BCUT2D eigenvalue weighted by atomic mass is 16.5. The maximum atomic E-state index is 12.2. The minimum Gasteiger partial charge on any atom is -0.356 e. The molecule has 1 heterocycles. The predicted molar refractivity (Wildman–Crippen MR) is 97.8 cm³/mol. The number of amides is 1. The fourth-order valence-corrected chi connectivity index (χ4v) is 2.80. The fourth-order valence-electron chi connectivity index (χ4n) is 2.80. The van der Waals surface area contributed by atoms with Crippen LogP contribution in [-0.2, 0) is 11.2 Å². The Hall–Kier alpha value is -3.21. The number of benzene rings is 2. The van der Waals surface area contributed by atoms with Crippen LogP contribution in [0.5, 0.6) is 0 Å². The molecule has 1 fully saturated rings. The van der Waals surface area contributed by atoms with Gasteiger partial charge < -0.3 is 9.84 Å². The Balaban J connectivity index is 1.36. The van der Waals surface area contributed by atoms with Crippen LogP contribution in [0, 0.1) is 5.92 Å². The van der Waals surface area contributed by atoms with Crippen molar-refractivity contribution in [2.24, 2.45) is 5.92 Å². The number of aromatic nitrogens is 1. The van der Waals surface area contributed by atoms with E-state index in [2.05, 4.69) is 10.5 Å². The number of nitrogens with one attached hydrogen (secondary N) is 1. The lowest BCUT2D eigenvalue weighted by Gasteiger charge is -2.05. The number of anilines is 1. The summed E-state index contributed by atoms with van der Waals surface area (Å²) in [6.07, 6.45) is 2.10. The van der Waals surface area contributed by atoms with E-state index < -0.39 is 0 Å². The molecule has 1 aliphatic rings. The van der Waals surface area contributed by atoms with E-state index in [-0.39, 0.29) is 24.0 Å². The fraction of sp³-hybridized carbons (Fsp3) is 0.190. The van der Waals surface area contributed by atoms with Crippen molar-refractivity contribution >= 4 is 17.4 Å². The van der Waals surface area contributed by atoms with Gasteiger partial charge in [0.05, 0.1) is 12.1 Å². The molecule has 0 spiro atoms. The number of hydrogen-bond donors (Lipinski definition) is 1. The largest absolute Gasteiger partial charge is 0.356 e. The van der Waals surface area contributed by atoms with Crippen LogP contribution in [0.15, 0.2) is 65.2 Å². The third-order valence-corrected chi connectivity index (χ3v) is 4.36. The van der Waals surface area contributed by atoms with Crippen LogP contribution in [-0.4, -0.2) is 16.8 Å². The van der Waals surface area contributed by atoms with Gasteiger partial charge in [-0.1, -0.05) is 35.5 Å². The lowest BCUT2D eigenvalue weighted by atomic mass is 10.1. The molecular weight excluding hydrogens is 328 g/mol. The first kappa shape index (κ1) is 16.3. The van der Waals surface area contributed by atoms with Crippen molar-refractivity contribution in [2.75, 3.05) is 5.32 Å². The third-order valence-electron chi connectivity index (χ3n) is 4.36. The minimum absolute atomic E-state index is 0.124. The highest BCUT2D eigenvalue weighted by Crippen LogP contribution is 2.32. The quantitative estimate of drug-likeness (QED) is 0.682. The van der Waals surface area contributed by atoms with Gasteiger partial charge in [-0.3, -0.25) is 9.59 Å². The lowest BCUT2D eigenvalue weighted by molar-refractivity contribution is -0.115. The molecule has 4 rings (SSSR count). The zero-order valence-electron chi connectivity index (χ0n) is 14.1. The van der Waals surface area contributed by atoms with Gasteiger partial charge in [-0.2, -0.15) is 0 Å². The van der Waals surface area contributed by atoms with Crippen molar-refractivity contribution in [2.45, 2.75) is 19.3 Å². The first-order valence-electron chi connectivity index (χ1n) is 8.64. The van der Waals surface area contributed by atoms with Gasteiger partial charge in [0, 0.05) is 28.8 Å². The average molecular weight is 346 g/mol. The molecule has 0 bridgehead atoms. The maximum Gasteiger partial charge on any atom is 0.230 e. The molecular formula is C21H18N2O3. The topological polar surface area (TPSA) is 72.2 Å². The molecule has 1 N–H and O–H groups in total. The van der Waals surface area contributed by atoms with Crippen molar-refractivity contribution in [3.8, 4) is 11.3 Å². The second kappa shape index (κ2) is 6.96. The van der Waals surface area contributed by atoms with E-state index in [4.69, 9.17) is 4.52 Å². The van der Waals surface area contributed by atoms with Gasteiger partial charge in [0.2, 0.25) is 5.91 Å². The Morgan fingerprint density at radius 1 is 1.04 bits per heavy atom. The number of hydrogen-bond acceptors (Lipinski definition) is 4. The van der Waals surface area contributed by atoms with E-state index in [1.807, 2.05) is 30.3 Å². The van der Waals surface area contributed by atoms with E-state index in [1.165, 1.54) is 0 Å². The molecule has 0 atom stereocenters. The van der Waals surface area contributed by atoms with Gasteiger partial charge in [-0.05, 0) is 37.1 Å². The molecule has 0 saturated heterocycles. The zero-order chi connectivity index (χ0) is 17.9. The smallest absolute Gasteiger partial charge is 0.230 e. The van der Waals surface area contributed by atoms with E-state index in [1.54, 1.807) is 30.3 Å². The molecule has 1 saturated carbocycles. The van der Waals surface area contributed by atoms with Crippen molar-refractivity contribution in [3.63, 3.8) is 0 Å². The minimum atomic E-state index is -0.181. The van der Waals surface area contributed by atoms with Crippen LogP contribution < -0.4 is 5.32 Å². The number of ketones is 1. The standard InChI is InChI=1S/C21H18N2O3/c24-20(13-18-12-19(26-23-18)14-4-2-1-3-5-14)22-17-10-8-16(9-11-17)21(25)15-6-7-15/h1-5,8-12,15H,6-7,13H2,(H,22,24).